The molecule has 0 aromatic heterocycles. The molecule has 2 heterocycles. The Bertz CT molecular complexity index is 603. The number of carbonyl (C=O) groups is 2. The highest BCUT2D eigenvalue weighted by atomic mass is 16.4. The second-order valence-corrected chi connectivity index (χ2v) is 5.38. The minimum atomic E-state index is -1.04. The lowest BCUT2D eigenvalue weighted by molar-refractivity contribution is -0.0477. The normalized spacial score (nSPS) is 28.6. The number of aliphatic hydroxyl groups is 2. The number of nitrogens with one attached hydrogen (secondary N) is 1. The fraction of sp³-hybridized carbons (Fsp3) is 0.429. The van der Waals surface area contributed by atoms with Crippen LogP contribution in [0.25, 0.3) is 0 Å². The zero-order chi connectivity index (χ0) is 15.1. The van der Waals surface area contributed by atoms with E-state index in [1.807, 2.05) is 0 Å². The Hall–Kier alpha value is -1.96. The molecule has 0 spiro atoms. The topological polar surface area (TPSA) is 110 Å². The van der Waals surface area contributed by atoms with Gasteiger partial charge in [-0.05, 0) is 36.6 Å². The van der Waals surface area contributed by atoms with Crippen LogP contribution >= 0.6 is 0 Å². The number of benzene rings is 1. The lowest BCUT2D eigenvalue weighted by Crippen LogP contribution is -2.56. The molecule has 1 amide bonds. The third-order valence-electron chi connectivity index (χ3n) is 4.05. The Balaban J connectivity index is 1.84. The number of carboxylic acids is 1. The first kappa shape index (κ1) is 14.0. The molecule has 2 aliphatic rings. The first-order chi connectivity index (χ1) is 9.97. The summed E-state index contributed by atoms with van der Waals surface area (Å²) in [6, 6.07) is 3.98. The lowest BCUT2D eigenvalue weighted by Gasteiger charge is -2.37. The van der Waals surface area contributed by atoms with Crippen molar-refractivity contribution in [1.29, 1.82) is 0 Å². The first-order valence-electron chi connectivity index (χ1n) is 6.77. The molecule has 3 atom stereocenters. The molecular formula is C14H16N2O5. The van der Waals surface area contributed by atoms with E-state index in [9.17, 15) is 19.8 Å². The number of hydrogen-bond acceptors (Lipinski definition) is 5. The van der Waals surface area contributed by atoms with Crippen molar-refractivity contribution in [3.05, 3.63) is 34.9 Å². The highest BCUT2D eigenvalue weighted by Gasteiger charge is 2.39. The Morgan fingerprint density at radius 3 is 2.71 bits per heavy atom. The molecule has 7 heteroatoms. The van der Waals surface area contributed by atoms with Crippen LogP contribution in [-0.2, 0) is 6.54 Å². The van der Waals surface area contributed by atoms with Crippen molar-refractivity contribution in [1.82, 2.24) is 10.2 Å². The number of fused-ring (bicyclic) bond motifs is 1. The third kappa shape index (κ3) is 2.39. The van der Waals surface area contributed by atoms with Crippen molar-refractivity contribution < 1.29 is 24.9 Å². The number of amides is 1. The SMILES string of the molecule is O=C(O)c1ccc2c(c1)CN(C1CCC(O)NC1O)C2=O. The van der Waals surface area contributed by atoms with E-state index < -0.39 is 24.5 Å². The summed E-state index contributed by atoms with van der Waals surface area (Å²) in [6.45, 7) is 0.273. The maximum atomic E-state index is 12.4. The van der Waals surface area contributed by atoms with Gasteiger partial charge in [0.25, 0.3) is 5.91 Å². The van der Waals surface area contributed by atoms with Gasteiger partial charge in [0.1, 0.15) is 12.5 Å². The van der Waals surface area contributed by atoms with Gasteiger partial charge in [0.15, 0.2) is 0 Å². The molecule has 7 nitrogen and oxygen atoms in total. The van der Waals surface area contributed by atoms with Crippen LogP contribution in [0.2, 0.25) is 0 Å². The predicted molar refractivity (Wildman–Crippen MR) is 71.4 cm³/mol. The number of aliphatic hydroxyl groups excluding tert-OH is 2. The molecule has 112 valence electrons. The van der Waals surface area contributed by atoms with Crippen molar-refractivity contribution >= 4 is 11.9 Å². The van der Waals surface area contributed by atoms with E-state index in [2.05, 4.69) is 5.32 Å². The summed E-state index contributed by atoms with van der Waals surface area (Å²) < 4.78 is 0. The third-order valence-corrected chi connectivity index (χ3v) is 4.05. The molecule has 2 aliphatic heterocycles. The van der Waals surface area contributed by atoms with Gasteiger partial charge < -0.3 is 20.2 Å². The fourth-order valence-corrected chi connectivity index (χ4v) is 2.95. The number of nitrogens with zero attached hydrogens (tertiary/aromatic N) is 1. The van der Waals surface area contributed by atoms with Gasteiger partial charge in [-0.25, -0.2) is 4.79 Å². The number of rotatable bonds is 2. The van der Waals surface area contributed by atoms with E-state index in [4.69, 9.17) is 5.11 Å². The van der Waals surface area contributed by atoms with Crippen LogP contribution in [-0.4, -0.2) is 50.6 Å². The Morgan fingerprint density at radius 1 is 1.29 bits per heavy atom. The first-order valence-corrected chi connectivity index (χ1v) is 6.77. The van der Waals surface area contributed by atoms with Crippen molar-refractivity contribution in [3.63, 3.8) is 0 Å². The average Bonchev–Trinajstić information content (AvgIpc) is 2.75. The van der Waals surface area contributed by atoms with E-state index in [1.165, 1.54) is 23.1 Å². The molecule has 3 unspecified atom stereocenters. The second-order valence-electron chi connectivity index (χ2n) is 5.38. The van der Waals surface area contributed by atoms with Crippen LogP contribution in [0.4, 0.5) is 0 Å². The number of carbonyl (C=O) groups excluding carboxylic acids is 1. The molecule has 1 saturated heterocycles. The van der Waals surface area contributed by atoms with E-state index in [1.54, 1.807) is 0 Å². The highest BCUT2D eigenvalue weighted by molar-refractivity contribution is 6.00. The number of hydrogen-bond donors (Lipinski definition) is 4. The maximum absolute atomic E-state index is 12.4. The Morgan fingerprint density at radius 2 is 2.05 bits per heavy atom. The van der Waals surface area contributed by atoms with Crippen LogP contribution in [0.5, 0.6) is 0 Å². The molecular weight excluding hydrogens is 276 g/mol. The smallest absolute Gasteiger partial charge is 0.335 e. The highest BCUT2D eigenvalue weighted by Crippen LogP contribution is 2.29. The standard InChI is InChI=1S/C14H16N2O5/c17-11-4-3-10(12(18)15-11)16-6-8-5-7(14(20)21)1-2-9(8)13(16)19/h1-2,5,10-12,15,17-18H,3-4,6H2,(H,20,21). The average molecular weight is 292 g/mol. The molecule has 0 radical (unpaired) electrons. The van der Waals surface area contributed by atoms with E-state index in [0.29, 0.717) is 24.0 Å². The minimum absolute atomic E-state index is 0.140. The molecule has 4 N–H and O–H groups in total. The monoisotopic (exact) mass is 292 g/mol. The summed E-state index contributed by atoms with van der Waals surface area (Å²) >= 11 is 0. The van der Waals surface area contributed by atoms with Crippen LogP contribution in [0.15, 0.2) is 18.2 Å². The van der Waals surface area contributed by atoms with Crippen LogP contribution in [0.1, 0.15) is 39.1 Å². The van der Waals surface area contributed by atoms with Crippen molar-refractivity contribution in [3.8, 4) is 0 Å². The van der Waals surface area contributed by atoms with E-state index in [0.717, 1.165) is 0 Å². The van der Waals surface area contributed by atoms with Gasteiger partial charge in [-0.2, -0.15) is 0 Å². The largest absolute Gasteiger partial charge is 0.478 e. The summed E-state index contributed by atoms with van der Waals surface area (Å²) in [4.78, 5) is 24.9. The van der Waals surface area contributed by atoms with Crippen molar-refractivity contribution in [2.24, 2.45) is 0 Å². The summed E-state index contributed by atoms with van der Waals surface area (Å²) in [5, 5.41) is 31.0. The summed E-state index contributed by atoms with van der Waals surface area (Å²) in [5.41, 5.74) is 1.26. The molecule has 0 aliphatic carbocycles. The van der Waals surface area contributed by atoms with E-state index >= 15 is 0 Å². The van der Waals surface area contributed by atoms with Gasteiger partial charge in [-0.3, -0.25) is 10.1 Å². The van der Waals surface area contributed by atoms with Crippen LogP contribution in [0, 0.1) is 0 Å². The zero-order valence-corrected chi connectivity index (χ0v) is 11.2. The van der Waals surface area contributed by atoms with Crippen LogP contribution in [0.3, 0.4) is 0 Å². The Labute approximate surface area is 120 Å². The fourth-order valence-electron chi connectivity index (χ4n) is 2.95. The summed E-state index contributed by atoms with van der Waals surface area (Å²) in [7, 11) is 0. The van der Waals surface area contributed by atoms with Gasteiger partial charge in [-0.1, -0.05) is 0 Å². The second kappa shape index (κ2) is 5.10. The molecule has 1 aromatic carbocycles. The molecule has 1 fully saturated rings. The van der Waals surface area contributed by atoms with Crippen LogP contribution < -0.4 is 5.32 Å². The molecule has 0 saturated carbocycles. The number of piperidine rings is 1. The molecule has 0 bridgehead atoms. The van der Waals surface area contributed by atoms with Crippen molar-refractivity contribution in [2.75, 3.05) is 0 Å². The van der Waals surface area contributed by atoms with Crippen molar-refractivity contribution in [2.45, 2.75) is 37.9 Å². The lowest BCUT2D eigenvalue weighted by atomic mass is 10.0. The minimum Gasteiger partial charge on any atom is -0.478 e. The summed E-state index contributed by atoms with van der Waals surface area (Å²) in [5.74, 6) is -1.25. The predicted octanol–water partition coefficient (Wildman–Crippen LogP) is -0.271. The molecule has 1 aromatic rings. The maximum Gasteiger partial charge on any atom is 0.335 e. The molecule has 21 heavy (non-hydrogen) atoms. The van der Waals surface area contributed by atoms with Gasteiger partial charge in [0.05, 0.1) is 11.6 Å². The molecule has 3 rings (SSSR count). The summed E-state index contributed by atoms with van der Waals surface area (Å²) in [6.07, 6.45) is -0.829. The zero-order valence-electron chi connectivity index (χ0n) is 11.2. The van der Waals surface area contributed by atoms with E-state index in [-0.39, 0.29) is 18.0 Å². The van der Waals surface area contributed by atoms with Gasteiger partial charge in [0.2, 0.25) is 0 Å². The van der Waals surface area contributed by atoms with Gasteiger partial charge in [0, 0.05) is 12.1 Å². The van der Waals surface area contributed by atoms with Gasteiger partial charge in [-0.15, -0.1) is 0 Å². The quantitative estimate of drug-likeness (QED) is 0.597. The van der Waals surface area contributed by atoms with Gasteiger partial charge >= 0.3 is 5.97 Å². The number of aromatic carboxylic acids is 1. The Kier molecular flexibility index (Phi) is 3.40. The number of carboxylic acid groups (broad SMARTS) is 1.